The van der Waals surface area contributed by atoms with Gasteiger partial charge in [-0.25, -0.2) is 17.2 Å². The highest BCUT2D eigenvalue weighted by Crippen LogP contribution is 2.30. The molecule has 0 bridgehead atoms. The van der Waals surface area contributed by atoms with Crippen molar-refractivity contribution in [3.63, 3.8) is 0 Å². The maximum Gasteiger partial charge on any atom is 0.264 e. The molecule has 4 aromatic rings. The van der Waals surface area contributed by atoms with Gasteiger partial charge in [-0.05, 0) is 66.1 Å². The van der Waals surface area contributed by atoms with Crippen molar-refractivity contribution < 1.29 is 17.2 Å². The first-order chi connectivity index (χ1) is 17.2. The predicted molar refractivity (Wildman–Crippen MR) is 136 cm³/mol. The van der Waals surface area contributed by atoms with Crippen molar-refractivity contribution in [1.82, 2.24) is 19.5 Å². The molecule has 0 aliphatic carbocycles. The second-order valence-corrected chi connectivity index (χ2v) is 9.43. The van der Waals surface area contributed by atoms with Crippen LogP contribution in [0.15, 0.2) is 96.6 Å². The number of fused-ring (bicyclic) bond motifs is 1. The highest BCUT2D eigenvalue weighted by molar-refractivity contribution is 7.89. The molecule has 0 aliphatic rings. The number of halogens is 2. The summed E-state index contributed by atoms with van der Waals surface area (Å²) >= 11 is 0. The first kappa shape index (κ1) is 24.8. The molecule has 0 aliphatic heterocycles. The maximum absolute atomic E-state index is 14.1. The zero-order chi connectivity index (χ0) is 25.9. The largest absolute Gasteiger partial charge is 0.404 e. The summed E-state index contributed by atoms with van der Waals surface area (Å²) < 4.78 is 56.8. The van der Waals surface area contributed by atoms with E-state index in [9.17, 15) is 17.2 Å². The molecule has 0 amide bonds. The van der Waals surface area contributed by atoms with Crippen LogP contribution in [0, 0.1) is 11.6 Å². The summed E-state index contributed by atoms with van der Waals surface area (Å²) in [5.41, 5.74) is 9.72. The highest BCUT2D eigenvalue weighted by Gasteiger charge is 2.20. The number of aromatic nitrogens is 3. The summed E-state index contributed by atoms with van der Waals surface area (Å²) in [5.74, 6) is -2.09. The molecular weight excluding hydrogens is 484 g/mol. The van der Waals surface area contributed by atoms with E-state index in [2.05, 4.69) is 21.4 Å². The van der Waals surface area contributed by atoms with Crippen LogP contribution in [-0.2, 0) is 16.6 Å². The van der Waals surface area contributed by atoms with E-state index in [-0.39, 0.29) is 5.70 Å². The van der Waals surface area contributed by atoms with E-state index in [0.717, 1.165) is 40.7 Å². The molecule has 0 radical (unpaired) electrons. The fraction of sp³-hybridized carbons (Fsp3) is 0.0769. The number of benzene rings is 2. The zero-order valence-electron chi connectivity index (χ0n) is 19.3. The number of hydrogen-bond acceptors (Lipinski definition) is 5. The summed E-state index contributed by atoms with van der Waals surface area (Å²) in [6, 6.07) is 9.65. The Morgan fingerprint density at radius 2 is 2.00 bits per heavy atom. The fourth-order valence-electron chi connectivity index (χ4n) is 3.68. The number of pyridine rings is 1. The van der Waals surface area contributed by atoms with Crippen molar-refractivity contribution in [3.05, 3.63) is 109 Å². The van der Waals surface area contributed by atoms with Crippen LogP contribution in [0.3, 0.4) is 0 Å². The Labute approximate surface area is 207 Å². The summed E-state index contributed by atoms with van der Waals surface area (Å²) in [6.45, 7) is 6.37. The Balaban J connectivity index is 1.72. The van der Waals surface area contributed by atoms with Gasteiger partial charge < -0.3 is 5.73 Å². The van der Waals surface area contributed by atoms with Gasteiger partial charge in [0.2, 0.25) is 0 Å². The van der Waals surface area contributed by atoms with Crippen LogP contribution in [0.25, 0.3) is 27.6 Å². The number of allylic oxidation sites excluding steroid dienone is 3. The molecule has 7 nitrogen and oxygen atoms in total. The van der Waals surface area contributed by atoms with Gasteiger partial charge >= 0.3 is 0 Å². The second-order valence-electron chi connectivity index (χ2n) is 7.78. The number of sulfonamides is 1. The van der Waals surface area contributed by atoms with E-state index in [1.165, 1.54) is 18.4 Å². The lowest BCUT2D eigenvalue weighted by atomic mass is 9.98. The van der Waals surface area contributed by atoms with Crippen molar-refractivity contribution in [2.45, 2.75) is 18.4 Å². The quantitative estimate of drug-likeness (QED) is 0.335. The molecule has 0 atom stereocenters. The fourth-order valence-corrected chi connectivity index (χ4v) is 4.81. The Bertz CT molecular complexity index is 1620. The van der Waals surface area contributed by atoms with E-state index in [0.29, 0.717) is 17.2 Å². The molecular formula is C26H23F2N5O2S. The number of nitrogens with two attached hydrogens (primary N) is 1. The smallest absolute Gasteiger partial charge is 0.264 e. The van der Waals surface area contributed by atoms with Gasteiger partial charge in [0.15, 0.2) is 0 Å². The number of nitrogens with zero attached hydrogens (tertiary/aromatic N) is 3. The van der Waals surface area contributed by atoms with E-state index < -0.39 is 26.6 Å². The van der Waals surface area contributed by atoms with E-state index in [1.807, 2.05) is 36.0 Å². The summed E-state index contributed by atoms with van der Waals surface area (Å²) in [4.78, 5) is 3.74. The minimum absolute atomic E-state index is 0.0474. The summed E-state index contributed by atoms with van der Waals surface area (Å²) in [6.07, 6.45) is 9.50. The average molecular weight is 508 g/mol. The average Bonchev–Trinajstić information content (AvgIpc) is 3.34. The third-order valence-electron chi connectivity index (χ3n) is 5.49. The molecule has 0 spiro atoms. The van der Waals surface area contributed by atoms with Gasteiger partial charge in [-0.15, -0.1) is 0 Å². The van der Waals surface area contributed by atoms with Crippen molar-refractivity contribution >= 4 is 26.5 Å². The molecule has 0 saturated heterocycles. The molecule has 2 aromatic carbocycles. The molecule has 2 aromatic heterocycles. The lowest BCUT2D eigenvalue weighted by Gasteiger charge is -2.12. The Morgan fingerprint density at radius 3 is 2.67 bits per heavy atom. The predicted octanol–water partition coefficient (Wildman–Crippen LogP) is 4.74. The topological polar surface area (TPSA) is 103 Å². The zero-order valence-corrected chi connectivity index (χ0v) is 20.1. The lowest BCUT2D eigenvalue weighted by Crippen LogP contribution is -2.23. The molecule has 0 saturated carbocycles. The Kier molecular flexibility index (Phi) is 6.98. The molecule has 0 unspecified atom stereocenters. The number of rotatable bonds is 8. The maximum atomic E-state index is 14.1. The molecule has 0 fully saturated rings. The minimum atomic E-state index is -4.35. The summed E-state index contributed by atoms with van der Waals surface area (Å²) in [5, 5.41) is 5.20. The van der Waals surface area contributed by atoms with Gasteiger partial charge in [-0.2, -0.15) is 5.10 Å². The molecule has 10 heteroatoms. The monoisotopic (exact) mass is 507 g/mol. The molecule has 4 rings (SSSR count). The van der Waals surface area contributed by atoms with Gasteiger partial charge in [0.05, 0.1) is 11.7 Å². The first-order valence-electron chi connectivity index (χ1n) is 10.9. The molecule has 184 valence electrons. The van der Waals surface area contributed by atoms with Crippen molar-refractivity contribution in [2.75, 3.05) is 0 Å². The van der Waals surface area contributed by atoms with Gasteiger partial charge in [-0.1, -0.05) is 12.6 Å². The number of nitrogens with one attached hydrogen (secondary N) is 1. The van der Waals surface area contributed by atoms with Crippen molar-refractivity contribution in [2.24, 2.45) is 5.73 Å². The van der Waals surface area contributed by atoms with E-state index >= 15 is 0 Å². The Morgan fingerprint density at radius 1 is 1.19 bits per heavy atom. The normalized spacial score (nSPS) is 12.6. The highest BCUT2D eigenvalue weighted by atomic mass is 32.2. The van der Waals surface area contributed by atoms with Crippen molar-refractivity contribution in [1.29, 1.82) is 0 Å². The molecule has 36 heavy (non-hydrogen) atoms. The lowest BCUT2D eigenvalue weighted by molar-refractivity contribution is 0.546. The van der Waals surface area contributed by atoms with Crippen LogP contribution in [0.4, 0.5) is 8.78 Å². The van der Waals surface area contributed by atoms with Crippen LogP contribution in [0.5, 0.6) is 0 Å². The van der Waals surface area contributed by atoms with Gasteiger partial charge in [0, 0.05) is 47.9 Å². The molecule has 2 heterocycles. The number of hydrogen-bond donors (Lipinski definition) is 2. The van der Waals surface area contributed by atoms with Gasteiger partial charge in [0.1, 0.15) is 16.5 Å². The number of aryl methyl sites for hydroxylation is 1. The summed E-state index contributed by atoms with van der Waals surface area (Å²) in [7, 11) is -4.35. The Hall–Kier alpha value is -4.31. The van der Waals surface area contributed by atoms with Crippen LogP contribution >= 0.6 is 0 Å². The van der Waals surface area contributed by atoms with Crippen molar-refractivity contribution in [3.8, 4) is 11.1 Å². The van der Waals surface area contributed by atoms with Crippen LogP contribution < -0.4 is 10.5 Å². The third kappa shape index (κ3) is 5.03. The molecule has 3 N–H and O–H groups in total. The van der Waals surface area contributed by atoms with E-state index in [1.54, 1.807) is 18.5 Å². The van der Waals surface area contributed by atoms with Gasteiger partial charge in [0.25, 0.3) is 10.0 Å². The second kappa shape index (κ2) is 10.1. The van der Waals surface area contributed by atoms with Gasteiger partial charge in [-0.3, -0.25) is 14.4 Å². The minimum Gasteiger partial charge on any atom is -0.404 e. The van der Waals surface area contributed by atoms with Crippen LogP contribution in [-0.4, -0.2) is 23.2 Å². The van der Waals surface area contributed by atoms with Crippen LogP contribution in [0.2, 0.25) is 0 Å². The van der Waals surface area contributed by atoms with Crippen LogP contribution in [0.1, 0.15) is 12.5 Å². The standard InChI is InChI=1S/C26H23F2N5O2S/c1-3-21(32-36(34,35)26-8-6-20(27)13-24(26)28)11-18(14-29)17-5-7-25-23(12-17)22(9-10-30-25)19-15-31-33(4-2)16-19/h3,5-16,32H,1,4,29H2,2H3/b18-14+,21-11+. The first-order valence-corrected chi connectivity index (χ1v) is 12.4. The van der Waals surface area contributed by atoms with E-state index in [4.69, 9.17) is 5.73 Å². The SMILES string of the molecule is C=C/C(=C\C(=C/N)c1ccc2nccc(-c3cnn(CC)c3)c2c1)NS(=O)(=O)c1ccc(F)cc1F. The third-order valence-corrected chi connectivity index (χ3v) is 6.90.